The van der Waals surface area contributed by atoms with Crippen molar-refractivity contribution in [1.29, 1.82) is 0 Å². The minimum atomic E-state index is -0.0843. The van der Waals surface area contributed by atoms with Crippen LogP contribution >= 0.6 is 0 Å². The lowest BCUT2D eigenvalue weighted by Gasteiger charge is -2.25. The Morgan fingerprint density at radius 1 is 1.17 bits per heavy atom. The zero-order valence-electron chi connectivity index (χ0n) is 16.3. The molecule has 0 radical (unpaired) electrons. The lowest BCUT2D eigenvalue weighted by molar-refractivity contribution is -0.119. The third-order valence-electron chi connectivity index (χ3n) is 5.05. The van der Waals surface area contributed by atoms with Crippen molar-refractivity contribution in [1.82, 2.24) is 15.2 Å². The van der Waals surface area contributed by atoms with Crippen LogP contribution in [-0.4, -0.2) is 34.3 Å². The molecule has 2 amide bonds. The van der Waals surface area contributed by atoms with E-state index in [2.05, 4.69) is 10.3 Å². The van der Waals surface area contributed by atoms with Gasteiger partial charge in [-0.05, 0) is 49.7 Å². The second kappa shape index (κ2) is 8.31. The highest BCUT2D eigenvalue weighted by Crippen LogP contribution is 2.23. The Bertz CT molecular complexity index is 996. The molecular formula is C23H23N3O3. The molecule has 3 aromatic rings. The quantitative estimate of drug-likeness (QED) is 0.699. The van der Waals surface area contributed by atoms with Gasteiger partial charge in [0.15, 0.2) is 0 Å². The van der Waals surface area contributed by atoms with Crippen LogP contribution in [0.3, 0.4) is 0 Å². The van der Waals surface area contributed by atoms with Gasteiger partial charge in [0.2, 0.25) is 5.91 Å². The molecule has 1 fully saturated rings. The van der Waals surface area contributed by atoms with Crippen LogP contribution in [0.15, 0.2) is 65.2 Å². The second-order valence-electron chi connectivity index (χ2n) is 7.30. The SMILES string of the molecule is Cc1ccc(-c2ccc(C(=O)N(Cc3ccccn3)C[C@@H]3CCC(=O)N3)cc2)o1. The van der Waals surface area contributed by atoms with Crippen LogP contribution < -0.4 is 5.32 Å². The number of amides is 2. The van der Waals surface area contributed by atoms with Crippen molar-refractivity contribution in [2.75, 3.05) is 6.54 Å². The van der Waals surface area contributed by atoms with Crippen molar-refractivity contribution in [3.05, 3.63) is 77.8 Å². The summed E-state index contributed by atoms with van der Waals surface area (Å²) in [6.45, 7) is 2.75. The van der Waals surface area contributed by atoms with Crippen molar-refractivity contribution >= 4 is 11.8 Å². The Balaban J connectivity index is 1.54. The van der Waals surface area contributed by atoms with Crippen molar-refractivity contribution in [2.24, 2.45) is 0 Å². The number of benzene rings is 1. The van der Waals surface area contributed by atoms with E-state index in [1.165, 1.54) is 0 Å². The van der Waals surface area contributed by atoms with Crippen LogP contribution in [0.2, 0.25) is 0 Å². The number of carbonyl (C=O) groups excluding carboxylic acids is 2. The van der Waals surface area contributed by atoms with E-state index in [-0.39, 0.29) is 17.9 Å². The van der Waals surface area contributed by atoms with Gasteiger partial charge in [0.05, 0.1) is 12.2 Å². The van der Waals surface area contributed by atoms with Crippen molar-refractivity contribution < 1.29 is 14.0 Å². The number of aryl methyl sites for hydroxylation is 1. The Labute approximate surface area is 169 Å². The molecule has 29 heavy (non-hydrogen) atoms. The molecule has 0 unspecified atom stereocenters. The normalized spacial score (nSPS) is 15.9. The molecule has 1 aliphatic heterocycles. The number of nitrogens with one attached hydrogen (secondary N) is 1. The highest BCUT2D eigenvalue weighted by Gasteiger charge is 2.26. The van der Waals surface area contributed by atoms with Crippen LogP contribution in [0.25, 0.3) is 11.3 Å². The number of hydrogen-bond donors (Lipinski definition) is 1. The Hall–Kier alpha value is -3.41. The lowest BCUT2D eigenvalue weighted by Crippen LogP contribution is -2.41. The van der Waals surface area contributed by atoms with E-state index in [9.17, 15) is 9.59 Å². The fourth-order valence-corrected chi connectivity index (χ4v) is 3.54. The van der Waals surface area contributed by atoms with E-state index < -0.39 is 0 Å². The molecule has 0 aliphatic carbocycles. The predicted molar refractivity (Wildman–Crippen MR) is 109 cm³/mol. The average molecular weight is 389 g/mol. The summed E-state index contributed by atoms with van der Waals surface area (Å²) in [6, 6.07) is 16.9. The smallest absolute Gasteiger partial charge is 0.254 e. The maximum Gasteiger partial charge on any atom is 0.254 e. The van der Waals surface area contributed by atoms with Crippen molar-refractivity contribution in [3.8, 4) is 11.3 Å². The fraction of sp³-hybridized carbons (Fsp3) is 0.261. The number of furan rings is 1. The molecule has 1 aliphatic rings. The molecule has 1 N–H and O–H groups in total. The largest absolute Gasteiger partial charge is 0.461 e. The highest BCUT2D eigenvalue weighted by atomic mass is 16.3. The van der Waals surface area contributed by atoms with E-state index in [0.29, 0.717) is 25.1 Å². The number of aromatic nitrogens is 1. The van der Waals surface area contributed by atoms with E-state index >= 15 is 0 Å². The first kappa shape index (κ1) is 18.9. The number of carbonyl (C=O) groups is 2. The van der Waals surface area contributed by atoms with Crippen molar-refractivity contribution in [3.63, 3.8) is 0 Å². The average Bonchev–Trinajstić information content (AvgIpc) is 3.36. The number of rotatable bonds is 6. The summed E-state index contributed by atoms with van der Waals surface area (Å²) in [4.78, 5) is 30.9. The van der Waals surface area contributed by atoms with E-state index in [4.69, 9.17) is 4.42 Å². The van der Waals surface area contributed by atoms with Crippen LogP contribution in [0.5, 0.6) is 0 Å². The molecule has 0 bridgehead atoms. The summed E-state index contributed by atoms with van der Waals surface area (Å²) in [7, 11) is 0. The van der Waals surface area contributed by atoms with Gasteiger partial charge in [0.25, 0.3) is 5.91 Å². The third kappa shape index (κ3) is 4.54. The first-order valence-electron chi connectivity index (χ1n) is 9.74. The lowest BCUT2D eigenvalue weighted by atomic mass is 10.1. The molecule has 1 aromatic carbocycles. The van der Waals surface area contributed by atoms with Gasteiger partial charge in [0, 0.05) is 36.3 Å². The molecule has 2 aromatic heterocycles. The van der Waals surface area contributed by atoms with Gasteiger partial charge in [-0.1, -0.05) is 18.2 Å². The zero-order valence-corrected chi connectivity index (χ0v) is 16.3. The minimum Gasteiger partial charge on any atom is -0.461 e. The van der Waals surface area contributed by atoms with E-state index in [0.717, 1.165) is 29.2 Å². The van der Waals surface area contributed by atoms with Crippen molar-refractivity contribution in [2.45, 2.75) is 32.4 Å². The third-order valence-corrected chi connectivity index (χ3v) is 5.05. The molecular weight excluding hydrogens is 366 g/mol. The highest BCUT2D eigenvalue weighted by molar-refractivity contribution is 5.94. The monoisotopic (exact) mass is 389 g/mol. The maximum atomic E-state index is 13.2. The molecule has 148 valence electrons. The Morgan fingerprint density at radius 3 is 2.62 bits per heavy atom. The summed E-state index contributed by atoms with van der Waals surface area (Å²) in [5.41, 5.74) is 2.33. The summed E-state index contributed by atoms with van der Waals surface area (Å²) in [5.74, 6) is 1.58. The van der Waals surface area contributed by atoms with Gasteiger partial charge in [0.1, 0.15) is 11.5 Å². The van der Waals surface area contributed by atoms with Crippen LogP contribution in [-0.2, 0) is 11.3 Å². The summed E-state index contributed by atoms with van der Waals surface area (Å²) in [5, 5.41) is 2.94. The summed E-state index contributed by atoms with van der Waals surface area (Å²) < 4.78 is 5.65. The standard InChI is InChI=1S/C23H23N3O3/c1-16-5-11-21(29-16)17-6-8-18(9-7-17)23(28)26(14-19-4-2-3-13-24-19)15-20-10-12-22(27)25-20/h2-9,11,13,20H,10,12,14-15H2,1H3,(H,25,27)/t20-/m0/s1. The molecule has 3 heterocycles. The Kier molecular flexibility index (Phi) is 5.42. The van der Waals surface area contributed by atoms with Gasteiger partial charge >= 0.3 is 0 Å². The molecule has 1 atom stereocenters. The molecule has 0 saturated carbocycles. The van der Waals surface area contributed by atoms with Crippen LogP contribution in [0.4, 0.5) is 0 Å². The zero-order chi connectivity index (χ0) is 20.2. The van der Waals surface area contributed by atoms with E-state index in [1.807, 2.05) is 61.5 Å². The van der Waals surface area contributed by atoms with Crippen LogP contribution in [0.1, 0.15) is 34.7 Å². The number of nitrogens with zero attached hydrogens (tertiary/aromatic N) is 2. The maximum absolute atomic E-state index is 13.2. The topological polar surface area (TPSA) is 75.4 Å². The molecule has 0 spiro atoms. The number of pyridine rings is 1. The van der Waals surface area contributed by atoms with Gasteiger partial charge in [-0.3, -0.25) is 14.6 Å². The Morgan fingerprint density at radius 2 is 2.00 bits per heavy atom. The molecule has 6 nitrogen and oxygen atoms in total. The second-order valence-corrected chi connectivity index (χ2v) is 7.30. The molecule has 4 rings (SSSR count). The van der Waals surface area contributed by atoms with E-state index in [1.54, 1.807) is 11.1 Å². The van der Waals surface area contributed by atoms with Gasteiger partial charge < -0.3 is 14.6 Å². The minimum absolute atomic E-state index is 0.0273. The first-order chi connectivity index (χ1) is 14.1. The first-order valence-corrected chi connectivity index (χ1v) is 9.74. The van der Waals surface area contributed by atoms with Gasteiger partial charge in [-0.25, -0.2) is 0 Å². The molecule has 6 heteroatoms. The van der Waals surface area contributed by atoms with Crippen LogP contribution in [0, 0.1) is 6.92 Å². The van der Waals surface area contributed by atoms with Gasteiger partial charge in [-0.15, -0.1) is 0 Å². The number of hydrogen-bond acceptors (Lipinski definition) is 4. The summed E-state index contributed by atoms with van der Waals surface area (Å²) in [6.07, 6.45) is 2.96. The fourth-order valence-electron chi connectivity index (χ4n) is 3.54. The van der Waals surface area contributed by atoms with Gasteiger partial charge in [-0.2, -0.15) is 0 Å². The summed E-state index contributed by atoms with van der Waals surface area (Å²) >= 11 is 0. The predicted octanol–water partition coefficient (Wildman–Crippen LogP) is 3.57. The molecule has 1 saturated heterocycles.